The van der Waals surface area contributed by atoms with E-state index in [0.29, 0.717) is 24.4 Å². The first-order chi connectivity index (χ1) is 9.51. The number of aliphatic hydroxyl groups is 1. The van der Waals surface area contributed by atoms with Crippen LogP contribution in [0, 0.1) is 0 Å². The minimum absolute atomic E-state index is 0.119. The molecule has 0 spiro atoms. The van der Waals surface area contributed by atoms with Crippen LogP contribution in [-0.2, 0) is 16.6 Å². The quantitative estimate of drug-likeness (QED) is 0.797. The Morgan fingerprint density at radius 2 is 1.80 bits per heavy atom. The normalized spacial score (nSPS) is 11.8. The van der Waals surface area contributed by atoms with E-state index in [9.17, 15) is 13.5 Å². The number of hydrogen-bond donors (Lipinski definition) is 1. The van der Waals surface area contributed by atoms with Crippen LogP contribution < -0.4 is 4.74 Å². The highest BCUT2D eigenvalue weighted by Gasteiger charge is 2.26. The Labute approximate surface area is 121 Å². The first kappa shape index (κ1) is 16.9. The lowest BCUT2D eigenvalue weighted by Gasteiger charge is -2.22. The topological polar surface area (TPSA) is 66.8 Å². The van der Waals surface area contributed by atoms with Crippen LogP contribution in [0.1, 0.15) is 32.3 Å². The fourth-order valence-corrected chi connectivity index (χ4v) is 3.84. The zero-order chi connectivity index (χ0) is 15.2. The molecule has 1 N–H and O–H groups in total. The van der Waals surface area contributed by atoms with Gasteiger partial charge in [0.05, 0.1) is 13.7 Å². The highest BCUT2D eigenvalue weighted by Crippen LogP contribution is 2.28. The molecule has 0 atom stereocenters. The molecule has 0 aliphatic carbocycles. The van der Waals surface area contributed by atoms with E-state index in [1.807, 2.05) is 13.8 Å². The first-order valence-electron chi connectivity index (χ1n) is 6.79. The van der Waals surface area contributed by atoms with Gasteiger partial charge in [0.15, 0.2) is 0 Å². The smallest absolute Gasteiger partial charge is 0.246 e. The Morgan fingerprint density at radius 3 is 2.25 bits per heavy atom. The first-order valence-corrected chi connectivity index (χ1v) is 8.23. The third kappa shape index (κ3) is 3.71. The lowest BCUT2D eigenvalue weighted by molar-refractivity contribution is 0.281. The molecule has 0 radical (unpaired) electrons. The number of benzene rings is 1. The maximum Gasteiger partial charge on any atom is 0.246 e. The Hall–Kier alpha value is -1.11. The molecule has 0 saturated carbocycles. The Bertz CT molecular complexity index is 522. The number of hydrogen-bond acceptors (Lipinski definition) is 4. The highest BCUT2D eigenvalue weighted by molar-refractivity contribution is 7.89. The monoisotopic (exact) mass is 301 g/mol. The van der Waals surface area contributed by atoms with Gasteiger partial charge in [0.2, 0.25) is 10.0 Å². The number of methoxy groups -OCH3 is 1. The van der Waals surface area contributed by atoms with Crippen molar-refractivity contribution in [2.45, 2.75) is 38.2 Å². The summed E-state index contributed by atoms with van der Waals surface area (Å²) < 4.78 is 32.1. The van der Waals surface area contributed by atoms with E-state index < -0.39 is 10.0 Å². The highest BCUT2D eigenvalue weighted by atomic mass is 32.2. The number of sulfonamides is 1. The summed E-state index contributed by atoms with van der Waals surface area (Å²) in [6.07, 6.45) is 1.50. The van der Waals surface area contributed by atoms with Crippen molar-refractivity contribution in [1.82, 2.24) is 4.31 Å². The van der Waals surface area contributed by atoms with Crippen LogP contribution in [0.2, 0.25) is 0 Å². The Kier molecular flexibility index (Phi) is 6.45. The van der Waals surface area contributed by atoms with Crippen molar-refractivity contribution in [2.75, 3.05) is 20.2 Å². The molecule has 0 aliphatic rings. The Balaban J connectivity index is 3.30. The summed E-state index contributed by atoms with van der Waals surface area (Å²) >= 11 is 0. The van der Waals surface area contributed by atoms with Gasteiger partial charge in [0, 0.05) is 13.1 Å². The molecule has 6 heteroatoms. The van der Waals surface area contributed by atoms with Crippen molar-refractivity contribution in [3.8, 4) is 5.75 Å². The van der Waals surface area contributed by atoms with Gasteiger partial charge in [0.1, 0.15) is 10.6 Å². The fourth-order valence-electron chi connectivity index (χ4n) is 2.01. The second-order valence-electron chi connectivity index (χ2n) is 4.55. The predicted octanol–water partition coefficient (Wildman–Crippen LogP) is 2.00. The third-order valence-electron chi connectivity index (χ3n) is 2.97. The summed E-state index contributed by atoms with van der Waals surface area (Å²) in [5, 5.41) is 9.19. The number of nitrogens with zero attached hydrogens (tertiary/aromatic N) is 1. The molecule has 0 fully saturated rings. The molecule has 0 saturated heterocycles. The maximum atomic E-state index is 12.7. The number of aliphatic hydroxyl groups excluding tert-OH is 1. The molecule has 1 rings (SSSR count). The summed E-state index contributed by atoms with van der Waals surface area (Å²) in [7, 11) is -2.16. The molecular formula is C14H23NO4S. The van der Waals surface area contributed by atoms with Gasteiger partial charge < -0.3 is 9.84 Å². The van der Waals surface area contributed by atoms with E-state index in [4.69, 9.17) is 4.74 Å². The van der Waals surface area contributed by atoms with E-state index in [0.717, 1.165) is 12.8 Å². The molecule has 20 heavy (non-hydrogen) atoms. The minimum Gasteiger partial charge on any atom is -0.495 e. The average molecular weight is 301 g/mol. The van der Waals surface area contributed by atoms with Crippen LogP contribution in [-0.4, -0.2) is 38.0 Å². The zero-order valence-corrected chi connectivity index (χ0v) is 13.1. The summed E-state index contributed by atoms with van der Waals surface area (Å²) in [4.78, 5) is 0.119. The zero-order valence-electron chi connectivity index (χ0n) is 12.3. The number of ether oxygens (including phenoxy) is 1. The van der Waals surface area contributed by atoms with E-state index in [2.05, 4.69) is 0 Å². The largest absolute Gasteiger partial charge is 0.495 e. The summed E-state index contributed by atoms with van der Waals surface area (Å²) in [5.41, 5.74) is 0.553. The van der Waals surface area contributed by atoms with Crippen LogP contribution in [0.3, 0.4) is 0 Å². The van der Waals surface area contributed by atoms with Gasteiger partial charge in [-0.2, -0.15) is 4.31 Å². The van der Waals surface area contributed by atoms with Gasteiger partial charge in [0.25, 0.3) is 0 Å². The van der Waals surface area contributed by atoms with Gasteiger partial charge >= 0.3 is 0 Å². The lowest BCUT2D eigenvalue weighted by Crippen LogP contribution is -2.32. The van der Waals surface area contributed by atoms with Crippen LogP contribution in [0.5, 0.6) is 5.75 Å². The van der Waals surface area contributed by atoms with E-state index in [1.54, 1.807) is 12.1 Å². The average Bonchev–Trinajstić information content (AvgIpc) is 2.46. The summed E-state index contributed by atoms with van der Waals surface area (Å²) in [5.74, 6) is 0.305. The molecule has 0 bridgehead atoms. The van der Waals surface area contributed by atoms with Crippen molar-refractivity contribution in [3.05, 3.63) is 23.8 Å². The molecule has 5 nitrogen and oxygen atoms in total. The van der Waals surface area contributed by atoms with Crippen LogP contribution in [0.25, 0.3) is 0 Å². The molecule has 1 aromatic carbocycles. The van der Waals surface area contributed by atoms with Crippen LogP contribution in [0.4, 0.5) is 0 Å². The van der Waals surface area contributed by atoms with Crippen molar-refractivity contribution >= 4 is 10.0 Å². The van der Waals surface area contributed by atoms with E-state index in [-0.39, 0.29) is 11.5 Å². The molecule has 1 aromatic rings. The third-order valence-corrected chi connectivity index (χ3v) is 4.89. The van der Waals surface area contributed by atoms with Crippen LogP contribution in [0.15, 0.2) is 23.1 Å². The molecule has 0 amide bonds. The second-order valence-corrected chi connectivity index (χ2v) is 6.45. The molecule has 0 aliphatic heterocycles. The molecule has 114 valence electrons. The molecular weight excluding hydrogens is 278 g/mol. The standard InChI is InChI=1S/C14H23NO4S/c1-4-8-15(9-5-2)20(17,18)14-10-12(11-16)6-7-13(14)19-3/h6-7,10,16H,4-5,8-9,11H2,1-3H3. The minimum atomic E-state index is -3.60. The van der Waals surface area contributed by atoms with E-state index >= 15 is 0 Å². The van der Waals surface area contributed by atoms with Crippen molar-refractivity contribution in [2.24, 2.45) is 0 Å². The lowest BCUT2D eigenvalue weighted by atomic mass is 10.2. The molecule has 0 heterocycles. The van der Waals surface area contributed by atoms with Gasteiger partial charge in [-0.15, -0.1) is 0 Å². The predicted molar refractivity (Wildman–Crippen MR) is 78.3 cm³/mol. The summed E-state index contributed by atoms with van der Waals surface area (Å²) in [6, 6.07) is 4.71. The molecule has 0 unspecified atom stereocenters. The van der Waals surface area contributed by atoms with Crippen molar-refractivity contribution < 1.29 is 18.3 Å². The molecule has 0 aromatic heterocycles. The van der Waals surface area contributed by atoms with Gasteiger partial charge in [-0.1, -0.05) is 19.9 Å². The van der Waals surface area contributed by atoms with Crippen molar-refractivity contribution in [1.29, 1.82) is 0 Å². The van der Waals surface area contributed by atoms with Gasteiger partial charge in [-0.05, 0) is 30.5 Å². The maximum absolute atomic E-state index is 12.7. The van der Waals surface area contributed by atoms with Gasteiger partial charge in [-0.3, -0.25) is 0 Å². The SMILES string of the molecule is CCCN(CCC)S(=O)(=O)c1cc(CO)ccc1OC. The van der Waals surface area contributed by atoms with Crippen molar-refractivity contribution in [3.63, 3.8) is 0 Å². The second kappa shape index (κ2) is 7.61. The van der Waals surface area contributed by atoms with E-state index in [1.165, 1.54) is 17.5 Å². The van der Waals surface area contributed by atoms with Crippen LogP contribution >= 0.6 is 0 Å². The summed E-state index contributed by atoms with van der Waals surface area (Å²) in [6.45, 7) is 4.64. The fraction of sp³-hybridized carbons (Fsp3) is 0.571. The number of rotatable bonds is 8. The van der Waals surface area contributed by atoms with Gasteiger partial charge in [-0.25, -0.2) is 8.42 Å². The Morgan fingerprint density at radius 1 is 1.20 bits per heavy atom.